The molecule has 9 heteroatoms. The van der Waals surface area contributed by atoms with Crippen molar-refractivity contribution in [2.75, 3.05) is 4.90 Å². The number of anilines is 1. The van der Waals surface area contributed by atoms with E-state index in [1.807, 2.05) is 0 Å². The summed E-state index contributed by atoms with van der Waals surface area (Å²) >= 11 is 1.03. The molecule has 0 saturated carbocycles. The first-order valence-corrected chi connectivity index (χ1v) is 9.92. The minimum absolute atomic E-state index is 0.155. The van der Waals surface area contributed by atoms with Gasteiger partial charge in [0.15, 0.2) is 5.13 Å². The summed E-state index contributed by atoms with van der Waals surface area (Å²) in [6.45, 7) is 0. The molecule has 6 nitrogen and oxygen atoms in total. The molecule has 154 valence electrons. The van der Waals surface area contributed by atoms with Crippen LogP contribution in [0.1, 0.15) is 17.4 Å². The normalized spacial score (nSPS) is 18.3. The monoisotopic (exact) mass is 438 g/mol. The van der Waals surface area contributed by atoms with Gasteiger partial charge < -0.3 is 9.52 Å². The third-order valence-electron chi connectivity index (χ3n) is 4.92. The Bertz CT molecular complexity index is 1360. The molecule has 1 amide bonds. The molecular formula is C22H12F2N2O4S. The fourth-order valence-electron chi connectivity index (χ4n) is 3.50. The predicted molar refractivity (Wildman–Crippen MR) is 109 cm³/mol. The Kier molecular flexibility index (Phi) is 4.40. The summed E-state index contributed by atoms with van der Waals surface area (Å²) in [5.41, 5.74) is 0.416. The number of amides is 1. The number of carbonyl (C=O) groups excluding carboxylic acids is 2. The lowest BCUT2D eigenvalue weighted by molar-refractivity contribution is -0.132. The van der Waals surface area contributed by atoms with E-state index in [0.29, 0.717) is 10.2 Å². The van der Waals surface area contributed by atoms with Crippen LogP contribution in [0.15, 0.2) is 70.9 Å². The van der Waals surface area contributed by atoms with Gasteiger partial charge in [-0.15, -0.1) is 0 Å². The van der Waals surface area contributed by atoms with Crippen LogP contribution in [0, 0.1) is 11.6 Å². The van der Waals surface area contributed by atoms with Crippen molar-refractivity contribution < 1.29 is 27.9 Å². The third-order valence-corrected chi connectivity index (χ3v) is 5.94. The number of Topliss-reactive ketones (excluding diaryl/α,β-unsaturated/α-hetero) is 1. The molecule has 1 aliphatic rings. The number of aliphatic hydroxyl groups is 1. The van der Waals surface area contributed by atoms with E-state index < -0.39 is 35.1 Å². The summed E-state index contributed by atoms with van der Waals surface area (Å²) in [4.78, 5) is 31.4. The van der Waals surface area contributed by atoms with Crippen LogP contribution < -0.4 is 4.90 Å². The van der Waals surface area contributed by atoms with E-state index in [4.69, 9.17) is 4.42 Å². The maximum atomic E-state index is 13.6. The molecule has 1 saturated heterocycles. The summed E-state index contributed by atoms with van der Waals surface area (Å²) in [6, 6.07) is 10.9. The largest absolute Gasteiger partial charge is 0.507 e. The highest BCUT2D eigenvalue weighted by Crippen LogP contribution is 2.44. The molecule has 1 atom stereocenters. The fourth-order valence-corrected chi connectivity index (χ4v) is 4.52. The van der Waals surface area contributed by atoms with Crippen molar-refractivity contribution in [3.63, 3.8) is 0 Å². The molecule has 31 heavy (non-hydrogen) atoms. The number of thiazole rings is 1. The second-order valence-corrected chi connectivity index (χ2v) is 7.81. The highest BCUT2D eigenvalue weighted by molar-refractivity contribution is 7.22. The highest BCUT2D eigenvalue weighted by Gasteiger charge is 2.49. The Morgan fingerprint density at radius 2 is 1.81 bits per heavy atom. The van der Waals surface area contributed by atoms with Gasteiger partial charge in [0.1, 0.15) is 29.2 Å². The molecule has 1 N–H and O–H groups in total. The van der Waals surface area contributed by atoms with Crippen LogP contribution in [0.5, 0.6) is 0 Å². The van der Waals surface area contributed by atoms with Gasteiger partial charge >= 0.3 is 5.91 Å². The van der Waals surface area contributed by atoms with Gasteiger partial charge in [0.05, 0.1) is 22.1 Å². The first-order chi connectivity index (χ1) is 14.9. The molecule has 3 heterocycles. The number of hydrogen-bond donors (Lipinski definition) is 1. The second-order valence-electron chi connectivity index (χ2n) is 6.80. The smallest absolute Gasteiger partial charge is 0.302 e. The maximum Gasteiger partial charge on any atom is 0.302 e. The quantitative estimate of drug-likeness (QED) is 0.282. The topological polar surface area (TPSA) is 83.6 Å². The number of fused-ring (bicyclic) bond motifs is 1. The minimum Gasteiger partial charge on any atom is -0.507 e. The van der Waals surface area contributed by atoms with E-state index in [0.717, 1.165) is 28.4 Å². The van der Waals surface area contributed by atoms with E-state index in [-0.39, 0.29) is 22.0 Å². The molecule has 4 aromatic rings. The van der Waals surface area contributed by atoms with Gasteiger partial charge in [-0.05, 0) is 54.6 Å². The second kappa shape index (κ2) is 7.13. The van der Waals surface area contributed by atoms with Crippen LogP contribution in [0.3, 0.4) is 0 Å². The molecule has 2 aromatic heterocycles. The zero-order valence-electron chi connectivity index (χ0n) is 15.6. The summed E-state index contributed by atoms with van der Waals surface area (Å²) in [7, 11) is 0. The van der Waals surface area contributed by atoms with Crippen molar-refractivity contribution in [3.8, 4) is 0 Å². The van der Waals surface area contributed by atoms with Crippen LogP contribution in [0.2, 0.25) is 0 Å². The predicted octanol–water partition coefficient (Wildman–Crippen LogP) is 4.79. The molecule has 0 bridgehead atoms. The third kappa shape index (κ3) is 3.10. The lowest BCUT2D eigenvalue weighted by Gasteiger charge is -2.20. The number of ketones is 1. The number of furan rings is 1. The summed E-state index contributed by atoms with van der Waals surface area (Å²) in [6.07, 6.45) is 1.38. The number of benzene rings is 2. The van der Waals surface area contributed by atoms with E-state index in [2.05, 4.69) is 4.98 Å². The summed E-state index contributed by atoms with van der Waals surface area (Å²) in [5, 5.41) is 11.0. The molecule has 0 aliphatic carbocycles. The molecule has 5 rings (SSSR count). The Hall–Kier alpha value is -3.85. The first-order valence-electron chi connectivity index (χ1n) is 9.10. The van der Waals surface area contributed by atoms with Crippen LogP contribution in [-0.4, -0.2) is 21.8 Å². The van der Waals surface area contributed by atoms with Crippen molar-refractivity contribution in [2.45, 2.75) is 6.04 Å². The number of aliphatic hydroxyl groups excluding tert-OH is 1. The first kappa shape index (κ1) is 19.1. The number of nitrogens with zero attached hydrogens (tertiary/aromatic N) is 2. The molecule has 0 spiro atoms. The van der Waals surface area contributed by atoms with Crippen molar-refractivity contribution >= 4 is 44.1 Å². The molecule has 1 unspecified atom stereocenters. The maximum absolute atomic E-state index is 13.6. The average molecular weight is 438 g/mol. The van der Waals surface area contributed by atoms with Gasteiger partial charge in [0.25, 0.3) is 5.78 Å². The Morgan fingerprint density at radius 1 is 1.06 bits per heavy atom. The van der Waals surface area contributed by atoms with E-state index in [1.54, 1.807) is 12.1 Å². The average Bonchev–Trinajstić information content (AvgIpc) is 3.47. The number of halogens is 2. The van der Waals surface area contributed by atoms with Gasteiger partial charge in [-0.3, -0.25) is 14.5 Å². The van der Waals surface area contributed by atoms with Crippen molar-refractivity contribution in [2.24, 2.45) is 0 Å². The fraction of sp³-hybridized carbons (Fsp3) is 0.0455. The van der Waals surface area contributed by atoms with Crippen molar-refractivity contribution in [3.05, 3.63) is 89.4 Å². The Morgan fingerprint density at radius 3 is 2.52 bits per heavy atom. The van der Waals surface area contributed by atoms with Gasteiger partial charge in [-0.1, -0.05) is 11.3 Å². The molecule has 0 radical (unpaired) electrons. The van der Waals surface area contributed by atoms with E-state index in [1.165, 1.54) is 36.6 Å². The minimum atomic E-state index is -1.09. The zero-order chi connectivity index (χ0) is 21.7. The highest BCUT2D eigenvalue weighted by atomic mass is 32.1. The van der Waals surface area contributed by atoms with Gasteiger partial charge in [0, 0.05) is 5.56 Å². The molecule has 1 aliphatic heterocycles. The summed E-state index contributed by atoms with van der Waals surface area (Å²) < 4.78 is 32.9. The number of hydrogen-bond acceptors (Lipinski definition) is 6. The Labute approximate surface area is 177 Å². The van der Waals surface area contributed by atoms with E-state index in [9.17, 15) is 23.5 Å². The van der Waals surface area contributed by atoms with E-state index >= 15 is 0 Å². The van der Waals surface area contributed by atoms with Crippen molar-refractivity contribution in [1.29, 1.82) is 0 Å². The van der Waals surface area contributed by atoms with Crippen LogP contribution >= 0.6 is 11.3 Å². The van der Waals surface area contributed by atoms with Crippen LogP contribution in [0.4, 0.5) is 13.9 Å². The Balaban J connectivity index is 1.71. The standard InChI is InChI=1S/C22H12F2N2O4S/c23-12-5-3-11(4-6-12)19(27)17-18(15-2-1-9-30-15)26(21(29)20(17)28)22-25-14-8-7-13(24)10-16(14)31-22/h1-10,18,27H/b19-17+. The molecule has 2 aromatic carbocycles. The number of rotatable bonds is 3. The lowest BCUT2D eigenvalue weighted by atomic mass is 9.99. The SMILES string of the molecule is O=C1C(=O)N(c2nc3ccc(F)cc3s2)C(c2ccco2)/C1=C(\O)c1ccc(F)cc1. The van der Waals surface area contributed by atoms with Gasteiger partial charge in [0.2, 0.25) is 0 Å². The number of carbonyl (C=O) groups is 2. The van der Waals surface area contributed by atoms with Gasteiger partial charge in [-0.2, -0.15) is 0 Å². The van der Waals surface area contributed by atoms with Gasteiger partial charge in [-0.25, -0.2) is 13.8 Å². The lowest BCUT2D eigenvalue weighted by Crippen LogP contribution is -2.29. The van der Waals surface area contributed by atoms with Crippen molar-refractivity contribution in [1.82, 2.24) is 4.98 Å². The molecule has 1 fully saturated rings. The molecular weight excluding hydrogens is 426 g/mol. The zero-order valence-corrected chi connectivity index (χ0v) is 16.4. The summed E-state index contributed by atoms with van der Waals surface area (Å²) in [5.74, 6) is -3.05. The number of aromatic nitrogens is 1. The van der Waals surface area contributed by atoms with Crippen LogP contribution in [-0.2, 0) is 9.59 Å². The van der Waals surface area contributed by atoms with Crippen LogP contribution in [0.25, 0.3) is 16.0 Å².